The summed E-state index contributed by atoms with van der Waals surface area (Å²) in [7, 11) is -4.66. The first-order valence-corrected chi connectivity index (χ1v) is 29.6. The van der Waals surface area contributed by atoms with E-state index in [0.717, 1.165) is 81.0 Å². The summed E-state index contributed by atoms with van der Waals surface area (Å²) in [4.78, 5) is 79.3. The highest BCUT2D eigenvalue weighted by Crippen LogP contribution is 2.44. The van der Waals surface area contributed by atoms with Crippen molar-refractivity contribution in [2.45, 2.75) is 76.3 Å². The Kier molecular flexibility index (Phi) is 15.9. The summed E-state index contributed by atoms with van der Waals surface area (Å²) >= 11 is 6.27. The SMILES string of the molecule is CC1(C)CCC(CN2CCN(c3ccc(C(=O)NS(=O)(=O)c4ccc(NCC5CCCN(CC#Cc6cccc7c6C(=O)N(C6CCC(=O)NC6=O)C7)C5)c([N+](=O)[O-])c4)c(Oc4cnc5[nH]ccc5c4)c3)CC2)=C(c2ccc(Cl)cc2)C1. The molecule has 2 unspecified atom stereocenters. The van der Waals surface area contributed by atoms with Crippen molar-refractivity contribution in [3.63, 3.8) is 0 Å². The van der Waals surface area contributed by atoms with Crippen molar-refractivity contribution in [1.82, 2.24) is 34.7 Å². The van der Waals surface area contributed by atoms with Gasteiger partial charge in [-0.15, -0.1) is 0 Å². The molecule has 19 nitrogen and oxygen atoms in total. The number of H-pyrrole nitrogens is 1. The van der Waals surface area contributed by atoms with Crippen LogP contribution in [0.25, 0.3) is 16.6 Å². The lowest BCUT2D eigenvalue weighted by Crippen LogP contribution is -2.52. The molecule has 2 aromatic heterocycles. The summed E-state index contributed by atoms with van der Waals surface area (Å²) in [5.41, 5.74) is 7.07. The van der Waals surface area contributed by atoms with Gasteiger partial charge in [0.15, 0.2) is 0 Å². The Bertz CT molecular complexity index is 3730. The molecule has 21 heteroatoms. The number of aromatic nitrogens is 2. The number of fused-ring (bicyclic) bond motifs is 2. The van der Waals surface area contributed by atoms with Crippen LogP contribution >= 0.6 is 11.6 Å². The fourth-order valence-corrected chi connectivity index (χ4v) is 13.0. The number of ether oxygens (including phenoxy) is 1. The van der Waals surface area contributed by atoms with Crippen molar-refractivity contribution in [3.8, 4) is 23.3 Å². The number of sulfonamides is 1. The summed E-state index contributed by atoms with van der Waals surface area (Å²) in [5.74, 6) is 4.78. The van der Waals surface area contributed by atoms with Gasteiger partial charge in [0.25, 0.3) is 27.5 Å². The third kappa shape index (κ3) is 12.4. The van der Waals surface area contributed by atoms with Gasteiger partial charge >= 0.3 is 0 Å². The molecule has 3 saturated heterocycles. The molecule has 4 aliphatic heterocycles. The number of pyridine rings is 1. The summed E-state index contributed by atoms with van der Waals surface area (Å²) in [6.45, 7) is 10.9. The van der Waals surface area contributed by atoms with E-state index in [-0.39, 0.29) is 59.5 Å². The largest absolute Gasteiger partial charge is 0.455 e. The van der Waals surface area contributed by atoms with Gasteiger partial charge in [0.2, 0.25) is 11.8 Å². The normalized spacial score (nSPS) is 19.6. The number of allylic oxidation sites excluding steroid dienone is 1. The minimum Gasteiger partial charge on any atom is -0.455 e. The van der Waals surface area contributed by atoms with Crippen LogP contribution in [0.2, 0.25) is 5.02 Å². The molecule has 424 valence electrons. The second-order valence-electron chi connectivity index (χ2n) is 22.6. The number of aromatic amines is 1. The van der Waals surface area contributed by atoms with Gasteiger partial charge in [-0.25, -0.2) is 18.1 Å². The number of piperidine rings is 2. The zero-order valence-electron chi connectivity index (χ0n) is 45.6. The molecular formula is C61H63ClN10O9S. The number of amides is 4. The fraction of sp³-hybridized carbons (Fsp3) is 0.361. The molecule has 6 heterocycles. The van der Waals surface area contributed by atoms with Crippen LogP contribution in [0.4, 0.5) is 17.1 Å². The van der Waals surface area contributed by atoms with Crippen LogP contribution in [0, 0.1) is 33.3 Å². The number of imide groups is 1. The molecule has 4 aromatic carbocycles. The smallest absolute Gasteiger partial charge is 0.293 e. The molecule has 11 rings (SSSR count). The van der Waals surface area contributed by atoms with E-state index in [1.165, 1.54) is 46.0 Å². The van der Waals surface area contributed by atoms with Crippen LogP contribution in [0.3, 0.4) is 0 Å². The van der Waals surface area contributed by atoms with Crippen molar-refractivity contribution >= 4 is 78.9 Å². The van der Waals surface area contributed by atoms with Crippen LogP contribution in [-0.2, 0) is 26.2 Å². The van der Waals surface area contributed by atoms with E-state index < -0.39 is 43.4 Å². The van der Waals surface area contributed by atoms with Gasteiger partial charge in [-0.1, -0.05) is 67.1 Å². The highest BCUT2D eigenvalue weighted by Gasteiger charge is 2.40. The Morgan fingerprint density at radius 1 is 0.951 bits per heavy atom. The first-order chi connectivity index (χ1) is 39.4. The topological polar surface area (TPSA) is 233 Å². The Balaban J connectivity index is 0.739. The summed E-state index contributed by atoms with van der Waals surface area (Å²) < 4.78 is 36.5. The van der Waals surface area contributed by atoms with Gasteiger partial charge in [-0.3, -0.25) is 44.4 Å². The maximum absolute atomic E-state index is 14.2. The number of likely N-dealkylation sites (tertiary alicyclic amines) is 1. The number of anilines is 2. The first-order valence-electron chi connectivity index (χ1n) is 27.7. The molecule has 0 radical (unpaired) electrons. The molecule has 6 aromatic rings. The van der Waals surface area contributed by atoms with Gasteiger partial charge in [-0.2, -0.15) is 0 Å². The van der Waals surface area contributed by atoms with E-state index in [4.69, 9.17) is 16.3 Å². The number of nitrogens with one attached hydrogen (secondary N) is 4. The molecule has 0 saturated carbocycles. The molecule has 1 aliphatic carbocycles. The van der Waals surface area contributed by atoms with Gasteiger partial charge < -0.3 is 24.8 Å². The number of nitro benzene ring substituents is 1. The van der Waals surface area contributed by atoms with Gasteiger partial charge in [0, 0.05) is 98.8 Å². The van der Waals surface area contributed by atoms with Crippen molar-refractivity contribution in [3.05, 3.63) is 152 Å². The molecule has 3 fully saturated rings. The van der Waals surface area contributed by atoms with Crippen molar-refractivity contribution in [2.24, 2.45) is 11.3 Å². The number of piperazine rings is 1. The Hall–Kier alpha value is -8.09. The third-order valence-corrected chi connectivity index (χ3v) is 17.9. The van der Waals surface area contributed by atoms with Crippen LogP contribution in [-0.4, -0.2) is 127 Å². The third-order valence-electron chi connectivity index (χ3n) is 16.3. The Labute approximate surface area is 480 Å². The number of hydrogen-bond donors (Lipinski definition) is 4. The first kappa shape index (κ1) is 55.8. The molecule has 82 heavy (non-hydrogen) atoms. The number of hydrogen-bond acceptors (Lipinski definition) is 14. The minimum absolute atomic E-state index is 0.0700. The maximum Gasteiger partial charge on any atom is 0.293 e. The second-order valence-corrected chi connectivity index (χ2v) is 24.7. The number of rotatable bonds is 15. The van der Waals surface area contributed by atoms with Gasteiger partial charge in [-0.05, 0) is 128 Å². The van der Waals surface area contributed by atoms with E-state index in [1.54, 1.807) is 30.5 Å². The number of halogens is 1. The van der Waals surface area contributed by atoms with Crippen LogP contribution in [0.1, 0.15) is 96.2 Å². The lowest BCUT2D eigenvalue weighted by molar-refractivity contribution is -0.384. The highest BCUT2D eigenvalue weighted by molar-refractivity contribution is 7.90. The molecule has 2 atom stereocenters. The lowest BCUT2D eigenvalue weighted by atomic mass is 9.72. The quantitative estimate of drug-likeness (QED) is 0.0326. The molecular weight excluding hydrogens is 1080 g/mol. The van der Waals surface area contributed by atoms with Crippen LogP contribution < -0.4 is 25.0 Å². The number of carbonyl (C=O) groups excluding carboxylic acids is 4. The average Bonchev–Trinajstić information content (AvgIpc) is 4.29. The number of nitrogens with zero attached hydrogens (tertiary/aromatic N) is 6. The van der Waals surface area contributed by atoms with Crippen molar-refractivity contribution in [1.29, 1.82) is 0 Å². The molecule has 4 amide bonds. The van der Waals surface area contributed by atoms with E-state index in [0.29, 0.717) is 60.3 Å². The van der Waals surface area contributed by atoms with E-state index in [1.807, 2.05) is 30.3 Å². The van der Waals surface area contributed by atoms with E-state index >= 15 is 0 Å². The summed E-state index contributed by atoms with van der Waals surface area (Å²) in [6, 6.07) is 25.0. The standard InChI is InChI=1S/C61H63ClN10O9S/c1-61(2)22-20-43(50(33-61)40-10-12-45(62)13-11-40)37-69-26-28-70(29-27-69)46-14-16-49(54(31-46)81-47-30-42-21-23-63-57(42)65-35-47)58(74)67-82(79,80)48-15-17-51(53(32-48)72(77)78)64-34-39-6-4-24-68(36-39)25-5-9-41-7-3-8-44-38-71(60(76)56(41)44)52-18-19-55(73)66-59(52)75/h3,7-8,10-17,21,23,30-32,35,39,52,64H,4,6,18-20,22,24-29,33-34,36-38H2,1-2H3,(H,63,65)(H,67,74)(H,66,73,75). The zero-order chi connectivity index (χ0) is 57.3. The van der Waals surface area contributed by atoms with Gasteiger partial charge in [0.05, 0.1) is 33.7 Å². The zero-order valence-corrected chi connectivity index (χ0v) is 47.2. The highest BCUT2D eigenvalue weighted by atomic mass is 35.5. The van der Waals surface area contributed by atoms with Crippen LogP contribution in [0.15, 0.2) is 114 Å². The average molecular weight is 1150 g/mol. The fourth-order valence-electron chi connectivity index (χ4n) is 11.9. The van der Waals surface area contributed by atoms with E-state index in [9.17, 15) is 37.7 Å². The Morgan fingerprint density at radius 3 is 2.56 bits per heavy atom. The summed E-state index contributed by atoms with van der Waals surface area (Å²) in [6.07, 6.45) is 8.53. The summed E-state index contributed by atoms with van der Waals surface area (Å²) in [5, 5.41) is 19.5. The molecule has 5 aliphatic rings. The predicted molar refractivity (Wildman–Crippen MR) is 312 cm³/mol. The van der Waals surface area contributed by atoms with E-state index in [2.05, 4.69) is 77.8 Å². The minimum atomic E-state index is -4.66. The maximum atomic E-state index is 14.2. The van der Waals surface area contributed by atoms with Crippen molar-refractivity contribution < 1.29 is 37.3 Å². The van der Waals surface area contributed by atoms with Crippen molar-refractivity contribution in [2.75, 3.05) is 69.1 Å². The van der Waals surface area contributed by atoms with Crippen LogP contribution in [0.5, 0.6) is 11.5 Å². The number of carbonyl (C=O) groups is 4. The van der Waals surface area contributed by atoms with Gasteiger partial charge in [0.1, 0.15) is 28.9 Å². The second kappa shape index (κ2) is 23.4. The number of nitro groups is 1. The molecule has 0 spiro atoms. The molecule has 4 N–H and O–H groups in total. The Morgan fingerprint density at radius 2 is 1.77 bits per heavy atom. The predicted octanol–water partition coefficient (Wildman–Crippen LogP) is 8.76. The monoisotopic (exact) mass is 1150 g/mol. The number of benzene rings is 4. The lowest BCUT2D eigenvalue weighted by Gasteiger charge is -2.39. The molecule has 0 bridgehead atoms.